The summed E-state index contributed by atoms with van der Waals surface area (Å²) in [5.41, 5.74) is 4.72. The standard InChI is InChI=1S/C24H26N2S/c1-3-18(2)19-14-16-22(17-15-19)25-24(27)26-23(20-10-6-4-7-11-20)21-12-8-5-9-13-21/h4-18,23H,3H2,1-2H3,(H2,25,26,27). The van der Waals surface area contributed by atoms with Crippen molar-refractivity contribution in [2.75, 3.05) is 5.32 Å². The number of anilines is 1. The van der Waals surface area contributed by atoms with Gasteiger partial charge in [0, 0.05) is 5.69 Å². The first-order chi connectivity index (χ1) is 13.2. The molecule has 0 fully saturated rings. The van der Waals surface area contributed by atoms with E-state index in [9.17, 15) is 0 Å². The zero-order valence-corrected chi connectivity index (χ0v) is 16.7. The van der Waals surface area contributed by atoms with Gasteiger partial charge in [-0.2, -0.15) is 0 Å². The van der Waals surface area contributed by atoms with E-state index in [1.807, 2.05) is 12.1 Å². The molecule has 0 aliphatic rings. The van der Waals surface area contributed by atoms with Gasteiger partial charge in [0.25, 0.3) is 0 Å². The quantitative estimate of drug-likeness (QED) is 0.497. The maximum atomic E-state index is 5.60. The second kappa shape index (κ2) is 9.33. The fourth-order valence-electron chi connectivity index (χ4n) is 3.08. The number of nitrogens with one attached hydrogen (secondary N) is 2. The summed E-state index contributed by atoms with van der Waals surface area (Å²) in [5, 5.41) is 7.40. The number of benzene rings is 3. The normalized spacial score (nSPS) is 11.8. The summed E-state index contributed by atoms with van der Waals surface area (Å²) < 4.78 is 0. The molecule has 3 aromatic carbocycles. The Morgan fingerprint density at radius 1 is 0.778 bits per heavy atom. The highest BCUT2D eigenvalue weighted by atomic mass is 32.1. The van der Waals surface area contributed by atoms with Crippen LogP contribution in [0.15, 0.2) is 84.9 Å². The number of thiocarbonyl (C=S) groups is 1. The number of hydrogen-bond acceptors (Lipinski definition) is 1. The predicted octanol–water partition coefficient (Wildman–Crippen LogP) is 6.28. The lowest BCUT2D eigenvalue weighted by Crippen LogP contribution is -2.33. The maximum Gasteiger partial charge on any atom is 0.171 e. The zero-order valence-electron chi connectivity index (χ0n) is 15.9. The van der Waals surface area contributed by atoms with Gasteiger partial charge in [-0.1, -0.05) is 86.6 Å². The van der Waals surface area contributed by atoms with E-state index in [1.165, 1.54) is 16.7 Å². The third kappa shape index (κ3) is 5.18. The molecule has 0 bridgehead atoms. The van der Waals surface area contributed by atoms with Crippen LogP contribution in [0.4, 0.5) is 5.69 Å². The average molecular weight is 375 g/mol. The summed E-state index contributed by atoms with van der Waals surface area (Å²) in [7, 11) is 0. The van der Waals surface area contributed by atoms with Crippen molar-refractivity contribution in [1.29, 1.82) is 0 Å². The number of rotatable bonds is 6. The molecule has 138 valence electrons. The molecule has 2 N–H and O–H groups in total. The van der Waals surface area contributed by atoms with Crippen LogP contribution >= 0.6 is 12.2 Å². The molecule has 0 amide bonds. The molecule has 1 unspecified atom stereocenters. The van der Waals surface area contributed by atoms with E-state index in [-0.39, 0.29) is 6.04 Å². The third-order valence-electron chi connectivity index (χ3n) is 4.89. The van der Waals surface area contributed by atoms with Gasteiger partial charge in [0.1, 0.15) is 0 Å². The molecule has 0 saturated heterocycles. The summed E-state index contributed by atoms with van der Waals surface area (Å²) in [5.74, 6) is 0.574. The lowest BCUT2D eigenvalue weighted by atomic mass is 9.98. The highest BCUT2D eigenvalue weighted by molar-refractivity contribution is 7.80. The maximum absolute atomic E-state index is 5.60. The Morgan fingerprint density at radius 3 is 1.78 bits per heavy atom. The van der Waals surface area contributed by atoms with Crippen LogP contribution in [-0.4, -0.2) is 5.11 Å². The summed E-state index contributed by atoms with van der Waals surface area (Å²) in [6, 6.07) is 29.3. The van der Waals surface area contributed by atoms with Crippen LogP contribution in [0.5, 0.6) is 0 Å². The van der Waals surface area contributed by atoms with E-state index < -0.39 is 0 Å². The fourth-order valence-corrected chi connectivity index (χ4v) is 3.31. The first kappa shape index (κ1) is 19.1. The van der Waals surface area contributed by atoms with E-state index in [1.54, 1.807) is 0 Å². The number of hydrogen-bond donors (Lipinski definition) is 2. The largest absolute Gasteiger partial charge is 0.352 e. The molecule has 0 saturated carbocycles. The summed E-state index contributed by atoms with van der Waals surface area (Å²) in [4.78, 5) is 0. The third-order valence-corrected chi connectivity index (χ3v) is 5.11. The summed E-state index contributed by atoms with van der Waals surface area (Å²) in [6.07, 6.45) is 1.14. The molecule has 0 radical (unpaired) electrons. The molecule has 3 aromatic rings. The van der Waals surface area contributed by atoms with Gasteiger partial charge in [0.05, 0.1) is 6.04 Å². The molecule has 0 aromatic heterocycles. The summed E-state index contributed by atoms with van der Waals surface area (Å²) in [6.45, 7) is 4.46. The van der Waals surface area contributed by atoms with Crippen LogP contribution < -0.4 is 10.6 Å². The molecule has 2 nitrogen and oxygen atoms in total. The first-order valence-electron chi connectivity index (χ1n) is 9.44. The molecule has 0 spiro atoms. The van der Waals surface area contributed by atoms with Crippen LogP contribution in [0.2, 0.25) is 0 Å². The highest BCUT2D eigenvalue weighted by Gasteiger charge is 2.15. The van der Waals surface area contributed by atoms with Crippen molar-refractivity contribution in [2.24, 2.45) is 0 Å². The Kier molecular flexibility index (Phi) is 6.61. The minimum absolute atomic E-state index is 0.00628. The van der Waals surface area contributed by atoms with Crippen molar-refractivity contribution in [2.45, 2.75) is 32.2 Å². The van der Waals surface area contributed by atoms with E-state index in [2.05, 4.69) is 97.3 Å². The molecule has 27 heavy (non-hydrogen) atoms. The Balaban J connectivity index is 1.73. The fraction of sp³-hybridized carbons (Fsp3) is 0.208. The van der Waals surface area contributed by atoms with Crippen LogP contribution in [0.3, 0.4) is 0 Å². The molecular formula is C24H26N2S. The van der Waals surface area contributed by atoms with Crippen LogP contribution in [0.1, 0.15) is 48.9 Å². The van der Waals surface area contributed by atoms with Crippen molar-refractivity contribution in [3.05, 3.63) is 102 Å². The van der Waals surface area contributed by atoms with Crippen molar-refractivity contribution in [3.8, 4) is 0 Å². The lowest BCUT2D eigenvalue weighted by Gasteiger charge is -2.22. The second-order valence-electron chi connectivity index (χ2n) is 6.78. The molecule has 0 aliphatic carbocycles. The van der Waals surface area contributed by atoms with Crippen molar-refractivity contribution >= 4 is 23.0 Å². The minimum Gasteiger partial charge on any atom is -0.352 e. The van der Waals surface area contributed by atoms with Gasteiger partial charge < -0.3 is 10.6 Å². The zero-order chi connectivity index (χ0) is 19.1. The van der Waals surface area contributed by atoms with E-state index in [4.69, 9.17) is 12.2 Å². The molecule has 3 heteroatoms. The van der Waals surface area contributed by atoms with Gasteiger partial charge in [0.15, 0.2) is 5.11 Å². The monoisotopic (exact) mass is 374 g/mol. The van der Waals surface area contributed by atoms with Gasteiger partial charge in [-0.25, -0.2) is 0 Å². The van der Waals surface area contributed by atoms with E-state index >= 15 is 0 Å². The lowest BCUT2D eigenvalue weighted by molar-refractivity contribution is 0.734. The van der Waals surface area contributed by atoms with Gasteiger partial charge >= 0.3 is 0 Å². The highest BCUT2D eigenvalue weighted by Crippen LogP contribution is 2.23. The molecule has 0 heterocycles. The SMILES string of the molecule is CCC(C)c1ccc(NC(=S)NC(c2ccccc2)c2ccccc2)cc1. The molecule has 0 aliphatic heterocycles. The summed E-state index contributed by atoms with van der Waals surface area (Å²) >= 11 is 5.60. The molecular weight excluding hydrogens is 348 g/mol. The van der Waals surface area contributed by atoms with Crippen molar-refractivity contribution < 1.29 is 0 Å². The van der Waals surface area contributed by atoms with Gasteiger partial charge in [-0.3, -0.25) is 0 Å². The Morgan fingerprint density at radius 2 is 1.30 bits per heavy atom. The average Bonchev–Trinajstić information content (AvgIpc) is 2.73. The van der Waals surface area contributed by atoms with Crippen LogP contribution in [0, 0.1) is 0 Å². The van der Waals surface area contributed by atoms with Crippen molar-refractivity contribution in [1.82, 2.24) is 5.32 Å². The van der Waals surface area contributed by atoms with Crippen molar-refractivity contribution in [3.63, 3.8) is 0 Å². The van der Waals surface area contributed by atoms with E-state index in [0.29, 0.717) is 11.0 Å². The molecule has 1 atom stereocenters. The van der Waals surface area contributed by atoms with E-state index in [0.717, 1.165) is 12.1 Å². The van der Waals surface area contributed by atoms with Gasteiger partial charge in [0.2, 0.25) is 0 Å². The first-order valence-corrected chi connectivity index (χ1v) is 9.85. The second-order valence-corrected chi connectivity index (χ2v) is 7.19. The Hall–Kier alpha value is -2.65. The minimum atomic E-state index is 0.00628. The Labute approximate surface area is 167 Å². The molecule has 3 rings (SSSR count). The topological polar surface area (TPSA) is 24.1 Å². The Bertz CT molecular complexity index is 805. The van der Waals surface area contributed by atoms with Crippen LogP contribution in [-0.2, 0) is 0 Å². The van der Waals surface area contributed by atoms with Gasteiger partial charge in [-0.05, 0) is 53.4 Å². The predicted molar refractivity (Wildman–Crippen MR) is 119 cm³/mol. The smallest absolute Gasteiger partial charge is 0.171 e. The van der Waals surface area contributed by atoms with Gasteiger partial charge in [-0.15, -0.1) is 0 Å². The van der Waals surface area contributed by atoms with Crippen LogP contribution in [0.25, 0.3) is 0 Å².